The van der Waals surface area contributed by atoms with Crippen molar-refractivity contribution in [2.45, 2.75) is 38.0 Å². The molecular formula is C17H25NO3S. The molecule has 1 atom stereocenters. The number of hydrogen-bond acceptors (Lipinski definition) is 4. The molecule has 0 spiro atoms. The average molecular weight is 323 g/mol. The van der Waals surface area contributed by atoms with E-state index in [1.54, 1.807) is 26.0 Å². The lowest BCUT2D eigenvalue weighted by Crippen LogP contribution is -2.30. The minimum atomic E-state index is 0.0270. The van der Waals surface area contributed by atoms with E-state index in [2.05, 4.69) is 6.92 Å². The molecule has 0 aliphatic carbocycles. The van der Waals surface area contributed by atoms with Crippen LogP contribution in [0.5, 0.6) is 11.5 Å². The van der Waals surface area contributed by atoms with Crippen molar-refractivity contribution < 1.29 is 14.3 Å². The van der Waals surface area contributed by atoms with Gasteiger partial charge in [-0.3, -0.25) is 4.79 Å². The minimum absolute atomic E-state index is 0.0270. The monoisotopic (exact) mass is 323 g/mol. The largest absolute Gasteiger partial charge is 0.497 e. The van der Waals surface area contributed by atoms with Crippen LogP contribution in [0.15, 0.2) is 18.2 Å². The standard InChI is InChI=1S/C17H25NO3S/c1-4-5-6-7-16(19)18-10-11-22-17(18)14-12-13(20-2)8-9-15(14)21-3/h8-9,12,17H,4-7,10-11H2,1-3H3/t17-/m1/s1. The van der Waals surface area contributed by atoms with Crippen molar-refractivity contribution in [2.75, 3.05) is 26.5 Å². The summed E-state index contributed by atoms with van der Waals surface area (Å²) in [6.45, 7) is 2.96. The Morgan fingerprint density at radius 3 is 2.82 bits per heavy atom. The van der Waals surface area contributed by atoms with Gasteiger partial charge in [0.05, 0.1) is 14.2 Å². The molecule has 0 N–H and O–H groups in total. The fraction of sp³-hybridized carbons (Fsp3) is 0.588. The zero-order valence-corrected chi connectivity index (χ0v) is 14.4. The third-order valence-corrected chi connectivity index (χ3v) is 5.15. The van der Waals surface area contributed by atoms with Gasteiger partial charge in [0, 0.05) is 24.3 Å². The van der Waals surface area contributed by atoms with Crippen LogP contribution in [0.25, 0.3) is 0 Å². The molecule has 0 radical (unpaired) electrons. The summed E-state index contributed by atoms with van der Waals surface area (Å²) in [5.74, 6) is 2.81. The van der Waals surface area contributed by atoms with Gasteiger partial charge < -0.3 is 14.4 Å². The molecule has 0 unspecified atom stereocenters. The van der Waals surface area contributed by atoms with Crippen LogP contribution in [0.1, 0.15) is 43.5 Å². The second-order valence-electron chi connectivity index (χ2n) is 5.38. The Balaban J connectivity index is 2.17. The van der Waals surface area contributed by atoms with Gasteiger partial charge in [-0.2, -0.15) is 0 Å². The van der Waals surface area contributed by atoms with Crippen LogP contribution in [-0.4, -0.2) is 37.3 Å². The molecule has 1 saturated heterocycles. The number of hydrogen-bond donors (Lipinski definition) is 0. The first-order valence-corrected chi connectivity index (χ1v) is 8.89. The third-order valence-electron chi connectivity index (χ3n) is 3.91. The second kappa shape index (κ2) is 8.32. The van der Waals surface area contributed by atoms with Gasteiger partial charge in [-0.15, -0.1) is 11.8 Å². The summed E-state index contributed by atoms with van der Waals surface area (Å²) in [6, 6.07) is 5.77. The fourth-order valence-corrected chi connectivity index (χ4v) is 3.98. The third kappa shape index (κ3) is 3.88. The molecule has 1 aromatic carbocycles. The Labute approximate surface area is 137 Å². The topological polar surface area (TPSA) is 38.8 Å². The highest BCUT2D eigenvalue weighted by molar-refractivity contribution is 7.99. The maximum atomic E-state index is 12.5. The van der Waals surface area contributed by atoms with Crippen molar-refractivity contribution in [3.63, 3.8) is 0 Å². The second-order valence-corrected chi connectivity index (χ2v) is 6.56. The van der Waals surface area contributed by atoms with Crippen LogP contribution < -0.4 is 9.47 Å². The number of methoxy groups -OCH3 is 2. The number of benzene rings is 1. The van der Waals surface area contributed by atoms with E-state index in [9.17, 15) is 4.79 Å². The Morgan fingerprint density at radius 1 is 1.32 bits per heavy atom. The highest BCUT2D eigenvalue weighted by Crippen LogP contribution is 2.43. The van der Waals surface area contributed by atoms with E-state index in [4.69, 9.17) is 9.47 Å². The van der Waals surface area contributed by atoms with Crippen molar-refractivity contribution >= 4 is 17.7 Å². The molecule has 122 valence electrons. The Hall–Kier alpha value is -1.36. The molecule has 1 heterocycles. The van der Waals surface area contributed by atoms with E-state index in [1.807, 2.05) is 23.1 Å². The van der Waals surface area contributed by atoms with E-state index in [0.29, 0.717) is 6.42 Å². The van der Waals surface area contributed by atoms with Gasteiger partial charge in [0.1, 0.15) is 16.9 Å². The summed E-state index contributed by atoms with van der Waals surface area (Å²) >= 11 is 1.79. The number of thioether (sulfide) groups is 1. The van der Waals surface area contributed by atoms with Gasteiger partial charge in [0.25, 0.3) is 0 Å². The summed E-state index contributed by atoms with van der Waals surface area (Å²) in [6.07, 6.45) is 3.85. The first-order chi connectivity index (χ1) is 10.7. The van der Waals surface area contributed by atoms with Gasteiger partial charge >= 0.3 is 0 Å². The molecular weight excluding hydrogens is 298 g/mol. The average Bonchev–Trinajstić information content (AvgIpc) is 3.03. The molecule has 1 aromatic rings. The summed E-state index contributed by atoms with van der Waals surface area (Å²) < 4.78 is 10.8. The molecule has 4 nitrogen and oxygen atoms in total. The van der Waals surface area contributed by atoms with Crippen molar-refractivity contribution in [1.29, 1.82) is 0 Å². The summed E-state index contributed by atoms with van der Waals surface area (Å²) in [5, 5.41) is 0.0270. The lowest BCUT2D eigenvalue weighted by atomic mass is 10.1. The van der Waals surface area contributed by atoms with Gasteiger partial charge in [0.15, 0.2) is 0 Å². The molecule has 0 saturated carbocycles. The zero-order chi connectivity index (χ0) is 15.9. The SMILES string of the molecule is CCCCCC(=O)N1CCS[C@@H]1c1cc(OC)ccc1OC. The Bertz CT molecular complexity index is 507. The maximum absolute atomic E-state index is 12.5. The summed E-state index contributed by atoms with van der Waals surface area (Å²) in [7, 11) is 3.32. The number of amides is 1. The van der Waals surface area contributed by atoms with Gasteiger partial charge in [0.2, 0.25) is 5.91 Å². The quantitative estimate of drug-likeness (QED) is 0.714. The van der Waals surface area contributed by atoms with Crippen molar-refractivity contribution in [1.82, 2.24) is 4.90 Å². The van der Waals surface area contributed by atoms with E-state index < -0.39 is 0 Å². The van der Waals surface area contributed by atoms with E-state index in [1.165, 1.54) is 0 Å². The van der Waals surface area contributed by atoms with Crippen LogP contribution in [0, 0.1) is 0 Å². The van der Waals surface area contributed by atoms with Gasteiger partial charge in [-0.05, 0) is 24.6 Å². The van der Waals surface area contributed by atoms with E-state index in [0.717, 1.165) is 48.6 Å². The molecule has 0 bridgehead atoms. The van der Waals surface area contributed by atoms with Crippen LogP contribution in [0.4, 0.5) is 0 Å². The van der Waals surface area contributed by atoms with Crippen molar-refractivity contribution in [3.8, 4) is 11.5 Å². The molecule has 5 heteroatoms. The Morgan fingerprint density at radius 2 is 2.14 bits per heavy atom. The molecule has 1 aliphatic heterocycles. The summed E-state index contributed by atoms with van der Waals surface area (Å²) in [5.41, 5.74) is 1.02. The van der Waals surface area contributed by atoms with Crippen LogP contribution in [0.2, 0.25) is 0 Å². The van der Waals surface area contributed by atoms with E-state index in [-0.39, 0.29) is 11.3 Å². The normalized spacial score (nSPS) is 17.6. The Kier molecular flexibility index (Phi) is 6.43. The van der Waals surface area contributed by atoms with Crippen molar-refractivity contribution in [2.24, 2.45) is 0 Å². The maximum Gasteiger partial charge on any atom is 0.223 e. The van der Waals surface area contributed by atoms with Crippen LogP contribution in [-0.2, 0) is 4.79 Å². The number of nitrogens with zero attached hydrogens (tertiary/aromatic N) is 1. The minimum Gasteiger partial charge on any atom is -0.497 e. The lowest BCUT2D eigenvalue weighted by Gasteiger charge is -2.26. The number of carbonyl (C=O) groups excluding carboxylic acids is 1. The van der Waals surface area contributed by atoms with Gasteiger partial charge in [-0.1, -0.05) is 19.8 Å². The molecule has 22 heavy (non-hydrogen) atoms. The van der Waals surface area contributed by atoms with E-state index >= 15 is 0 Å². The molecule has 0 aromatic heterocycles. The predicted molar refractivity (Wildman–Crippen MR) is 90.6 cm³/mol. The molecule has 1 amide bonds. The number of rotatable bonds is 7. The number of carbonyl (C=O) groups is 1. The zero-order valence-electron chi connectivity index (χ0n) is 13.6. The molecule has 1 aliphatic rings. The molecule has 2 rings (SSSR count). The fourth-order valence-electron chi connectivity index (χ4n) is 2.69. The first kappa shape index (κ1) is 17.0. The predicted octanol–water partition coefficient (Wildman–Crippen LogP) is 3.86. The number of ether oxygens (including phenoxy) is 2. The summed E-state index contributed by atoms with van der Waals surface area (Å²) in [4.78, 5) is 14.5. The van der Waals surface area contributed by atoms with Crippen LogP contribution >= 0.6 is 11.8 Å². The first-order valence-electron chi connectivity index (χ1n) is 7.84. The highest BCUT2D eigenvalue weighted by Gasteiger charge is 2.32. The smallest absolute Gasteiger partial charge is 0.223 e. The van der Waals surface area contributed by atoms with Gasteiger partial charge in [-0.25, -0.2) is 0 Å². The number of unbranched alkanes of at least 4 members (excludes halogenated alkanes) is 2. The van der Waals surface area contributed by atoms with Crippen LogP contribution in [0.3, 0.4) is 0 Å². The lowest BCUT2D eigenvalue weighted by molar-refractivity contribution is -0.131. The van der Waals surface area contributed by atoms with Crippen molar-refractivity contribution in [3.05, 3.63) is 23.8 Å². The molecule has 1 fully saturated rings. The highest BCUT2D eigenvalue weighted by atomic mass is 32.2.